The summed E-state index contributed by atoms with van der Waals surface area (Å²) in [6.45, 7) is 0. The Balaban J connectivity index is 2.50. The van der Waals surface area contributed by atoms with Crippen molar-refractivity contribution < 1.29 is 0 Å². The van der Waals surface area contributed by atoms with Gasteiger partial charge in [0.2, 0.25) is 0 Å². The Hall–Kier alpha value is -0.693. The molecule has 1 aliphatic carbocycles. The molecule has 0 bridgehead atoms. The molecule has 0 aromatic carbocycles. The maximum absolute atomic E-state index is 2.24. The minimum atomic E-state index is 0.941. The Morgan fingerprint density at radius 1 is 1.44 bits per heavy atom. The summed E-state index contributed by atoms with van der Waals surface area (Å²) in [5.41, 5.74) is 3.70. The van der Waals surface area contributed by atoms with Crippen LogP contribution in [0, 0.1) is 0 Å². The van der Waals surface area contributed by atoms with Crippen LogP contribution in [0.3, 0.4) is 0 Å². The predicted molar refractivity (Wildman–Crippen MR) is 41.7 cm³/mol. The molecule has 2 aliphatic rings. The number of hydrogen-bond donors (Lipinski definition) is 0. The van der Waals surface area contributed by atoms with Gasteiger partial charge < -0.3 is 0 Å². The molecule has 1 heterocycles. The van der Waals surface area contributed by atoms with Crippen LogP contribution in [-0.2, 0) is 0 Å². The summed E-state index contributed by atoms with van der Waals surface area (Å²) in [4.78, 5) is 0. The first-order chi connectivity index (χ1) is 4.47. The zero-order valence-corrected chi connectivity index (χ0v) is 6.09. The second kappa shape index (κ2) is 1.92. The number of hydrogen-bond acceptors (Lipinski definition) is 0. The minimum absolute atomic E-state index is 0.941. The molecule has 1 heteroatoms. The van der Waals surface area contributed by atoms with E-state index in [0.717, 1.165) is 9.13 Å². The number of allylic oxidation sites excluding steroid dienone is 5. The molecule has 43 valence electrons. The Kier molecular flexibility index (Phi) is 1.09. The Morgan fingerprint density at radius 3 is 3.33 bits per heavy atom. The lowest BCUT2D eigenvalue weighted by molar-refractivity contribution is 1.59. The number of fused-ring (bicyclic) bond motifs is 1. The lowest BCUT2D eigenvalue weighted by Crippen LogP contribution is -2.01. The molecule has 0 fully saturated rings. The van der Waals surface area contributed by atoms with Crippen molar-refractivity contribution in [3.05, 3.63) is 35.6 Å². The van der Waals surface area contributed by atoms with E-state index in [0.29, 0.717) is 0 Å². The third-order valence-electron chi connectivity index (χ3n) is 1.60. The third-order valence-corrected chi connectivity index (χ3v) is 2.80. The van der Waals surface area contributed by atoms with Crippen molar-refractivity contribution in [3.63, 3.8) is 0 Å². The molecule has 1 aliphatic heterocycles. The van der Waals surface area contributed by atoms with Gasteiger partial charge in [0.05, 0.1) is 9.13 Å². The third kappa shape index (κ3) is 0.774. The monoisotopic (exact) mass is 131 g/mol. The molecule has 0 N–H and O–H groups in total. The lowest BCUT2D eigenvalue weighted by atomic mass is 10.2. The van der Waals surface area contributed by atoms with Gasteiger partial charge in [-0.15, -0.1) is 0 Å². The zero-order chi connectivity index (χ0) is 6.10. The largest absolute Gasteiger partial charge is 0.0799 e. The van der Waals surface area contributed by atoms with Crippen molar-refractivity contribution in [3.8, 4) is 0 Å². The van der Waals surface area contributed by atoms with Crippen molar-refractivity contribution >= 4 is 14.3 Å². The summed E-state index contributed by atoms with van der Waals surface area (Å²) < 4.78 is 0. The fourth-order valence-corrected chi connectivity index (χ4v) is 2.08. The molecule has 9 heavy (non-hydrogen) atoms. The van der Waals surface area contributed by atoms with Crippen LogP contribution < -0.4 is 0 Å². The van der Waals surface area contributed by atoms with Crippen LogP contribution in [0.25, 0.3) is 0 Å². The van der Waals surface area contributed by atoms with E-state index in [4.69, 9.17) is 0 Å². The first kappa shape index (κ1) is 5.12. The normalized spacial score (nSPS) is 21.3. The van der Waals surface area contributed by atoms with Gasteiger partial charge in [-0.25, -0.2) is 0 Å². The van der Waals surface area contributed by atoms with Gasteiger partial charge in [-0.05, 0) is 12.0 Å². The van der Waals surface area contributed by atoms with Crippen molar-refractivity contribution in [2.75, 3.05) is 0 Å². The first-order valence-electron chi connectivity index (χ1n) is 3.13. The highest BCUT2D eigenvalue weighted by Gasteiger charge is 2.06. The van der Waals surface area contributed by atoms with Gasteiger partial charge in [-0.2, -0.15) is 0 Å². The standard InChI is InChI=1S/C8H7Si/c1-3-7-4-2-6-9-8(7)5-1/h1-4,6H,5H2. The van der Waals surface area contributed by atoms with E-state index < -0.39 is 0 Å². The summed E-state index contributed by atoms with van der Waals surface area (Å²) in [6.07, 6.45) is 9.98. The van der Waals surface area contributed by atoms with E-state index in [1.807, 2.05) is 0 Å². The first-order valence-corrected chi connectivity index (χ1v) is 4.21. The van der Waals surface area contributed by atoms with E-state index in [1.165, 1.54) is 12.0 Å². The maximum atomic E-state index is 2.24. The molecule has 2 rings (SSSR count). The Bertz CT molecular complexity index is 241. The topological polar surface area (TPSA) is 0 Å². The van der Waals surface area contributed by atoms with Crippen LogP contribution in [0.1, 0.15) is 6.42 Å². The number of rotatable bonds is 0. The van der Waals surface area contributed by atoms with Crippen LogP contribution in [0.2, 0.25) is 0 Å². The summed E-state index contributed by atoms with van der Waals surface area (Å²) in [5.74, 6) is 0. The smallest absolute Gasteiger partial charge is 0.0553 e. The molecule has 0 aromatic heterocycles. The van der Waals surface area contributed by atoms with E-state index in [1.54, 1.807) is 5.17 Å². The summed E-state index contributed by atoms with van der Waals surface area (Å²) in [5, 5.41) is 1.61. The van der Waals surface area contributed by atoms with Crippen LogP contribution in [0.4, 0.5) is 0 Å². The van der Waals surface area contributed by atoms with Crippen molar-refractivity contribution in [2.24, 2.45) is 0 Å². The SMILES string of the molecule is C1=C[Si]=C2CC=CC2=C1. The molecule has 1 radical (unpaired) electrons. The quantitative estimate of drug-likeness (QED) is 0.434. The summed E-state index contributed by atoms with van der Waals surface area (Å²) in [7, 11) is 0.941. The van der Waals surface area contributed by atoms with E-state index >= 15 is 0 Å². The van der Waals surface area contributed by atoms with Gasteiger partial charge in [0.25, 0.3) is 0 Å². The van der Waals surface area contributed by atoms with E-state index in [2.05, 4.69) is 30.0 Å². The van der Waals surface area contributed by atoms with E-state index in [9.17, 15) is 0 Å². The van der Waals surface area contributed by atoms with Gasteiger partial charge in [0, 0.05) is 0 Å². The Morgan fingerprint density at radius 2 is 2.44 bits per heavy atom. The average Bonchev–Trinajstić information content (AvgIpc) is 2.33. The van der Waals surface area contributed by atoms with E-state index in [-0.39, 0.29) is 0 Å². The minimum Gasteiger partial charge on any atom is -0.0799 e. The molecule has 0 aromatic rings. The fraction of sp³-hybridized carbons (Fsp3) is 0.125. The second-order valence-corrected chi connectivity index (χ2v) is 3.44. The van der Waals surface area contributed by atoms with Crippen LogP contribution in [0.5, 0.6) is 0 Å². The van der Waals surface area contributed by atoms with Gasteiger partial charge in [0.1, 0.15) is 0 Å². The summed E-state index contributed by atoms with van der Waals surface area (Å²) in [6, 6.07) is 0. The van der Waals surface area contributed by atoms with Crippen molar-refractivity contribution in [2.45, 2.75) is 6.42 Å². The highest BCUT2D eigenvalue weighted by atomic mass is 28.2. The molecule has 0 saturated carbocycles. The van der Waals surface area contributed by atoms with Gasteiger partial charge >= 0.3 is 0 Å². The Labute approximate surface area is 57.0 Å². The van der Waals surface area contributed by atoms with Crippen molar-refractivity contribution in [1.82, 2.24) is 0 Å². The lowest BCUT2D eigenvalue weighted by Gasteiger charge is -1.99. The summed E-state index contributed by atoms with van der Waals surface area (Å²) >= 11 is 0. The molecule has 0 nitrogen and oxygen atoms in total. The fourth-order valence-electron chi connectivity index (χ4n) is 1.12. The molecule has 0 saturated heterocycles. The molecule has 0 atom stereocenters. The second-order valence-electron chi connectivity index (χ2n) is 2.21. The van der Waals surface area contributed by atoms with Crippen LogP contribution in [0.15, 0.2) is 35.6 Å². The maximum Gasteiger partial charge on any atom is 0.0553 e. The average molecular weight is 131 g/mol. The highest BCUT2D eigenvalue weighted by Crippen LogP contribution is 2.13. The highest BCUT2D eigenvalue weighted by molar-refractivity contribution is 6.63. The molecule has 0 unspecified atom stereocenters. The van der Waals surface area contributed by atoms with Gasteiger partial charge in [-0.3, -0.25) is 0 Å². The predicted octanol–water partition coefficient (Wildman–Crippen LogP) is 1.28. The van der Waals surface area contributed by atoms with Gasteiger partial charge in [0.15, 0.2) is 0 Å². The molecular formula is C8H7Si. The molecule has 0 amide bonds. The van der Waals surface area contributed by atoms with Gasteiger partial charge in [-0.1, -0.05) is 35.2 Å². The van der Waals surface area contributed by atoms with Crippen LogP contribution >= 0.6 is 0 Å². The zero-order valence-electron chi connectivity index (χ0n) is 5.09. The molecular weight excluding hydrogens is 124 g/mol. The molecule has 0 spiro atoms. The van der Waals surface area contributed by atoms with Crippen LogP contribution in [-0.4, -0.2) is 14.3 Å². The van der Waals surface area contributed by atoms with Crippen molar-refractivity contribution in [1.29, 1.82) is 0 Å².